The van der Waals surface area contributed by atoms with Gasteiger partial charge in [0.1, 0.15) is 0 Å². The van der Waals surface area contributed by atoms with Crippen LogP contribution in [0.2, 0.25) is 0 Å². The van der Waals surface area contributed by atoms with Crippen LogP contribution in [0.4, 0.5) is 10.5 Å². The van der Waals surface area contributed by atoms with E-state index in [0.29, 0.717) is 36.0 Å². The maximum Gasteiger partial charge on any atom is 0.411 e. The number of benzene rings is 1. The van der Waals surface area contributed by atoms with Gasteiger partial charge in [-0.1, -0.05) is 6.07 Å². The zero-order valence-corrected chi connectivity index (χ0v) is 16.8. The zero-order chi connectivity index (χ0) is 21.5. The number of carbonyl (C=O) groups excluding carboxylic acids is 1. The summed E-state index contributed by atoms with van der Waals surface area (Å²) in [4.78, 5) is 23.7. The van der Waals surface area contributed by atoms with Crippen molar-refractivity contribution in [1.29, 1.82) is 0 Å². The summed E-state index contributed by atoms with van der Waals surface area (Å²) in [5, 5.41) is 0. The summed E-state index contributed by atoms with van der Waals surface area (Å²) < 4.78 is 15.9. The third-order valence-corrected chi connectivity index (χ3v) is 4.17. The molecule has 3 rings (SSSR count). The first kappa shape index (κ1) is 21.0. The molecule has 2 aromatic heterocycles. The normalized spacial score (nSPS) is 10.6. The summed E-state index contributed by atoms with van der Waals surface area (Å²) in [6.45, 7) is 2.62. The number of nitrogens with two attached hydrogens (primary N) is 2. The topological polar surface area (TPSA) is 135 Å². The first-order valence-electron chi connectivity index (χ1n) is 9.22. The van der Waals surface area contributed by atoms with Gasteiger partial charge in [0.2, 0.25) is 5.88 Å². The van der Waals surface area contributed by atoms with Crippen LogP contribution in [0.15, 0.2) is 42.7 Å². The SMILES string of the molecule is COc1c(N)cc(CCOCc2cccc(OC(N)=O)n2)cc1-c1ncc(C)cn1. The van der Waals surface area contributed by atoms with E-state index in [1.807, 2.05) is 19.1 Å². The zero-order valence-electron chi connectivity index (χ0n) is 16.8. The standard InChI is InChI=1S/C21H23N5O4/c1-13-10-24-20(25-11-13)16-8-14(9-17(22)19(16)28-2)6-7-29-12-15-4-3-5-18(26-15)30-21(23)27/h3-5,8-11H,6-7,12,22H2,1-2H3,(H2,23,27). The Bertz CT molecular complexity index is 1020. The number of aryl methyl sites for hydroxylation is 1. The first-order valence-corrected chi connectivity index (χ1v) is 9.22. The Morgan fingerprint density at radius 1 is 1.17 bits per heavy atom. The van der Waals surface area contributed by atoms with Gasteiger partial charge in [-0.25, -0.2) is 19.7 Å². The molecule has 0 atom stereocenters. The van der Waals surface area contributed by atoms with Crippen LogP contribution in [0, 0.1) is 6.92 Å². The molecule has 0 bridgehead atoms. The van der Waals surface area contributed by atoms with Gasteiger partial charge in [0, 0.05) is 18.5 Å². The van der Waals surface area contributed by atoms with Crippen LogP contribution >= 0.6 is 0 Å². The van der Waals surface area contributed by atoms with Crippen LogP contribution in [-0.4, -0.2) is 34.8 Å². The summed E-state index contributed by atoms with van der Waals surface area (Å²) in [5.41, 5.74) is 14.9. The van der Waals surface area contributed by atoms with Gasteiger partial charge in [-0.2, -0.15) is 0 Å². The highest BCUT2D eigenvalue weighted by Gasteiger charge is 2.14. The van der Waals surface area contributed by atoms with Crippen LogP contribution < -0.4 is 20.9 Å². The van der Waals surface area contributed by atoms with E-state index >= 15 is 0 Å². The summed E-state index contributed by atoms with van der Waals surface area (Å²) in [7, 11) is 1.56. The number of rotatable bonds is 8. The van der Waals surface area contributed by atoms with Gasteiger partial charge in [0.25, 0.3) is 0 Å². The van der Waals surface area contributed by atoms with Crippen molar-refractivity contribution >= 4 is 11.8 Å². The third-order valence-electron chi connectivity index (χ3n) is 4.17. The molecule has 2 heterocycles. The predicted molar refractivity (Wildman–Crippen MR) is 111 cm³/mol. The van der Waals surface area contributed by atoms with Crippen LogP contribution in [0.25, 0.3) is 11.4 Å². The van der Waals surface area contributed by atoms with E-state index < -0.39 is 6.09 Å². The molecular formula is C21H23N5O4. The van der Waals surface area contributed by atoms with E-state index in [1.54, 1.807) is 37.7 Å². The fraction of sp³-hybridized carbons (Fsp3) is 0.238. The Kier molecular flexibility index (Phi) is 6.76. The monoisotopic (exact) mass is 409 g/mol. The predicted octanol–water partition coefficient (Wildman–Crippen LogP) is 2.65. The number of hydrogen-bond donors (Lipinski definition) is 2. The van der Waals surface area contributed by atoms with Gasteiger partial charge in [-0.05, 0) is 42.7 Å². The molecule has 9 nitrogen and oxygen atoms in total. The molecule has 156 valence electrons. The summed E-state index contributed by atoms with van der Waals surface area (Å²) in [5.74, 6) is 1.22. The highest BCUT2D eigenvalue weighted by atomic mass is 16.6. The number of carbonyl (C=O) groups is 1. The number of aromatic nitrogens is 3. The minimum absolute atomic E-state index is 0.134. The fourth-order valence-electron chi connectivity index (χ4n) is 2.85. The fourth-order valence-corrected chi connectivity index (χ4v) is 2.85. The van der Waals surface area contributed by atoms with E-state index in [9.17, 15) is 4.79 Å². The number of ether oxygens (including phenoxy) is 3. The minimum atomic E-state index is -0.911. The smallest absolute Gasteiger partial charge is 0.411 e. The highest BCUT2D eigenvalue weighted by Crippen LogP contribution is 2.34. The number of nitrogen functional groups attached to an aromatic ring is 1. The van der Waals surface area contributed by atoms with Crippen molar-refractivity contribution in [2.24, 2.45) is 5.73 Å². The number of primary amides is 1. The second kappa shape index (κ2) is 9.66. The average molecular weight is 409 g/mol. The van der Waals surface area contributed by atoms with Crippen LogP contribution in [0.1, 0.15) is 16.8 Å². The summed E-state index contributed by atoms with van der Waals surface area (Å²) in [6.07, 6.45) is 3.20. The lowest BCUT2D eigenvalue weighted by Crippen LogP contribution is -2.17. The van der Waals surface area contributed by atoms with E-state index in [0.717, 1.165) is 16.7 Å². The molecule has 0 spiro atoms. The molecule has 30 heavy (non-hydrogen) atoms. The largest absolute Gasteiger partial charge is 0.494 e. The molecule has 0 unspecified atom stereocenters. The number of methoxy groups -OCH3 is 1. The number of pyridine rings is 1. The lowest BCUT2D eigenvalue weighted by molar-refractivity contribution is 0.120. The second-order valence-electron chi connectivity index (χ2n) is 6.54. The molecule has 1 aromatic carbocycles. The van der Waals surface area contributed by atoms with Crippen molar-refractivity contribution in [3.8, 4) is 23.0 Å². The molecular weight excluding hydrogens is 386 g/mol. The molecule has 9 heteroatoms. The Labute approximate surface area is 174 Å². The van der Waals surface area contributed by atoms with E-state index in [2.05, 4.69) is 15.0 Å². The van der Waals surface area contributed by atoms with Crippen LogP contribution in [0.3, 0.4) is 0 Å². The van der Waals surface area contributed by atoms with Crippen molar-refractivity contribution in [3.05, 3.63) is 59.5 Å². The van der Waals surface area contributed by atoms with Crippen LogP contribution in [0.5, 0.6) is 11.6 Å². The van der Waals surface area contributed by atoms with Crippen molar-refractivity contribution in [2.45, 2.75) is 20.0 Å². The quantitative estimate of drug-likeness (QED) is 0.428. The average Bonchev–Trinajstić information content (AvgIpc) is 2.71. The molecule has 0 aliphatic heterocycles. The molecule has 0 saturated carbocycles. The second-order valence-corrected chi connectivity index (χ2v) is 6.54. The van der Waals surface area contributed by atoms with E-state index in [4.69, 9.17) is 25.7 Å². The lowest BCUT2D eigenvalue weighted by atomic mass is 10.0. The highest BCUT2D eigenvalue weighted by molar-refractivity contribution is 5.74. The molecule has 0 radical (unpaired) electrons. The van der Waals surface area contributed by atoms with Crippen molar-refractivity contribution in [1.82, 2.24) is 15.0 Å². The van der Waals surface area contributed by atoms with Gasteiger partial charge in [0.15, 0.2) is 11.6 Å². The third kappa shape index (κ3) is 5.42. The van der Waals surface area contributed by atoms with Gasteiger partial charge < -0.3 is 25.7 Å². The first-order chi connectivity index (χ1) is 14.5. The van der Waals surface area contributed by atoms with Crippen molar-refractivity contribution < 1.29 is 19.0 Å². The van der Waals surface area contributed by atoms with Crippen molar-refractivity contribution in [2.75, 3.05) is 19.5 Å². The lowest BCUT2D eigenvalue weighted by Gasteiger charge is -2.13. The van der Waals surface area contributed by atoms with Crippen LogP contribution in [-0.2, 0) is 17.8 Å². The van der Waals surface area contributed by atoms with Gasteiger partial charge in [-0.15, -0.1) is 0 Å². The molecule has 1 amide bonds. The molecule has 4 N–H and O–H groups in total. The summed E-state index contributed by atoms with van der Waals surface area (Å²) in [6, 6.07) is 8.82. The summed E-state index contributed by atoms with van der Waals surface area (Å²) >= 11 is 0. The molecule has 0 aliphatic carbocycles. The maximum atomic E-state index is 10.8. The number of amides is 1. The maximum absolute atomic E-state index is 10.8. The molecule has 0 fully saturated rings. The van der Waals surface area contributed by atoms with Crippen molar-refractivity contribution in [3.63, 3.8) is 0 Å². The van der Waals surface area contributed by atoms with E-state index in [1.165, 1.54) is 0 Å². The van der Waals surface area contributed by atoms with E-state index in [-0.39, 0.29) is 12.5 Å². The Morgan fingerprint density at radius 3 is 2.63 bits per heavy atom. The number of hydrogen-bond acceptors (Lipinski definition) is 8. The minimum Gasteiger partial charge on any atom is -0.494 e. The Hall–Kier alpha value is -3.72. The van der Waals surface area contributed by atoms with Gasteiger partial charge in [-0.3, -0.25) is 0 Å². The van der Waals surface area contributed by atoms with Gasteiger partial charge >= 0.3 is 6.09 Å². The van der Waals surface area contributed by atoms with Gasteiger partial charge in [0.05, 0.1) is 37.3 Å². The Morgan fingerprint density at radius 2 is 1.93 bits per heavy atom. The number of nitrogens with zero attached hydrogens (tertiary/aromatic N) is 3. The molecule has 0 saturated heterocycles. The number of anilines is 1. The Balaban J connectivity index is 1.66. The molecule has 3 aromatic rings. The molecule has 0 aliphatic rings.